The van der Waals surface area contributed by atoms with E-state index < -0.39 is 0 Å². The average Bonchev–Trinajstić information content (AvgIpc) is 2.39. The Kier molecular flexibility index (Phi) is 4.26. The van der Waals surface area contributed by atoms with Gasteiger partial charge in [-0.05, 0) is 30.5 Å². The first-order valence-corrected chi connectivity index (χ1v) is 6.38. The molecule has 1 saturated heterocycles. The number of piperidine rings is 1. The Morgan fingerprint density at radius 2 is 2.12 bits per heavy atom. The molecule has 0 atom stereocenters. The van der Waals surface area contributed by atoms with Gasteiger partial charge in [-0.1, -0.05) is 17.7 Å². The highest BCUT2D eigenvalue weighted by Gasteiger charge is 2.20. The Labute approximate surface area is 107 Å². The van der Waals surface area contributed by atoms with Crippen molar-refractivity contribution >= 4 is 17.3 Å². The predicted molar refractivity (Wildman–Crippen MR) is 71.6 cm³/mol. The molecule has 0 radical (unpaired) electrons. The molecule has 0 saturated carbocycles. The molecule has 1 aromatic carbocycles. The van der Waals surface area contributed by atoms with E-state index in [9.17, 15) is 0 Å². The van der Waals surface area contributed by atoms with Gasteiger partial charge in [0.05, 0.1) is 6.10 Å². The largest absolute Gasteiger partial charge is 0.381 e. The molecule has 0 amide bonds. The molecule has 0 spiro atoms. The fourth-order valence-electron chi connectivity index (χ4n) is 2.34. The molecule has 17 heavy (non-hydrogen) atoms. The van der Waals surface area contributed by atoms with Crippen LogP contribution < -0.4 is 10.6 Å². The quantitative estimate of drug-likeness (QED) is 0.900. The van der Waals surface area contributed by atoms with E-state index in [-0.39, 0.29) is 0 Å². The van der Waals surface area contributed by atoms with Crippen LogP contribution in [0.2, 0.25) is 5.02 Å². The highest BCUT2D eigenvalue weighted by atomic mass is 35.5. The molecule has 1 aromatic rings. The first-order valence-electron chi connectivity index (χ1n) is 6.01. The van der Waals surface area contributed by atoms with Gasteiger partial charge >= 0.3 is 0 Å². The third-order valence-corrected chi connectivity index (χ3v) is 3.62. The summed E-state index contributed by atoms with van der Waals surface area (Å²) < 4.78 is 5.38. The van der Waals surface area contributed by atoms with Gasteiger partial charge < -0.3 is 15.4 Å². The fourth-order valence-corrected chi connectivity index (χ4v) is 2.50. The van der Waals surface area contributed by atoms with Crippen molar-refractivity contribution in [1.82, 2.24) is 0 Å². The van der Waals surface area contributed by atoms with Gasteiger partial charge in [-0.2, -0.15) is 0 Å². The van der Waals surface area contributed by atoms with E-state index in [1.165, 1.54) is 5.69 Å². The second-order valence-electron chi connectivity index (χ2n) is 4.40. The van der Waals surface area contributed by atoms with E-state index in [1.807, 2.05) is 18.2 Å². The summed E-state index contributed by atoms with van der Waals surface area (Å²) in [7, 11) is 1.78. The zero-order valence-electron chi connectivity index (χ0n) is 10.2. The van der Waals surface area contributed by atoms with E-state index in [1.54, 1.807) is 7.11 Å². The maximum atomic E-state index is 6.06. The van der Waals surface area contributed by atoms with Crippen LogP contribution in [0.1, 0.15) is 18.4 Å². The van der Waals surface area contributed by atoms with E-state index >= 15 is 0 Å². The molecule has 2 rings (SSSR count). The number of ether oxygens (including phenoxy) is 1. The van der Waals surface area contributed by atoms with Crippen LogP contribution in [0, 0.1) is 0 Å². The number of anilines is 1. The minimum absolute atomic E-state index is 0.395. The Hall–Kier alpha value is -0.770. The summed E-state index contributed by atoms with van der Waals surface area (Å²) in [5, 5.41) is 0.770. The van der Waals surface area contributed by atoms with Gasteiger partial charge in [-0.15, -0.1) is 0 Å². The van der Waals surface area contributed by atoms with Crippen molar-refractivity contribution in [1.29, 1.82) is 0 Å². The highest BCUT2D eigenvalue weighted by Crippen LogP contribution is 2.27. The Morgan fingerprint density at radius 1 is 1.41 bits per heavy atom. The van der Waals surface area contributed by atoms with Gasteiger partial charge in [0.15, 0.2) is 0 Å². The summed E-state index contributed by atoms with van der Waals surface area (Å²) >= 11 is 6.06. The zero-order valence-corrected chi connectivity index (χ0v) is 10.9. The molecule has 0 bridgehead atoms. The summed E-state index contributed by atoms with van der Waals surface area (Å²) in [6, 6.07) is 5.92. The van der Waals surface area contributed by atoms with Crippen LogP contribution in [0.3, 0.4) is 0 Å². The second-order valence-corrected chi connectivity index (χ2v) is 4.84. The Bertz CT molecular complexity index is 376. The smallest absolute Gasteiger partial charge is 0.0605 e. The second kappa shape index (κ2) is 5.71. The molecule has 0 aliphatic carbocycles. The molecule has 1 aliphatic rings. The van der Waals surface area contributed by atoms with Crippen LogP contribution in [0.15, 0.2) is 18.2 Å². The maximum Gasteiger partial charge on any atom is 0.0605 e. The highest BCUT2D eigenvalue weighted by molar-refractivity contribution is 6.30. The molecular weight excluding hydrogens is 236 g/mol. The number of halogens is 1. The Morgan fingerprint density at radius 3 is 2.71 bits per heavy atom. The van der Waals surface area contributed by atoms with Crippen molar-refractivity contribution in [3.8, 4) is 0 Å². The van der Waals surface area contributed by atoms with Crippen molar-refractivity contribution in [2.75, 3.05) is 25.1 Å². The van der Waals surface area contributed by atoms with Crippen molar-refractivity contribution < 1.29 is 4.74 Å². The van der Waals surface area contributed by atoms with Crippen LogP contribution in [0.25, 0.3) is 0 Å². The van der Waals surface area contributed by atoms with E-state index in [0.717, 1.165) is 36.5 Å². The lowest BCUT2D eigenvalue weighted by molar-refractivity contribution is 0.0819. The molecule has 3 nitrogen and oxygen atoms in total. The summed E-state index contributed by atoms with van der Waals surface area (Å²) in [5.41, 5.74) is 8.10. The zero-order chi connectivity index (χ0) is 12.3. The molecule has 4 heteroatoms. The molecule has 94 valence electrons. The van der Waals surface area contributed by atoms with Crippen LogP contribution in [-0.4, -0.2) is 26.3 Å². The summed E-state index contributed by atoms with van der Waals surface area (Å²) in [6.07, 6.45) is 2.52. The average molecular weight is 255 g/mol. The van der Waals surface area contributed by atoms with Gasteiger partial charge in [0, 0.05) is 37.5 Å². The number of benzene rings is 1. The van der Waals surface area contributed by atoms with Crippen LogP contribution >= 0.6 is 11.6 Å². The van der Waals surface area contributed by atoms with Crippen molar-refractivity contribution in [3.63, 3.8) is 0 Å². The minimum Gasteiger partial charge on any atom is -0.381 e. The maximum absolute atomic E-state index is 6.06. The molecule has 0 aromatic heterocycles. The fraction of sp³-hybridized carbons (Fsp3) is 0.538. The molecule has 2 N–H and O–H groups in total. The van der Waals surface area contributed by atoms with Crippen LogP contribution in [-0.2, 0) is 11.3 Å². The third kappa shape index (κ3) is 2.92. The number of methoxy groups -OCH3 is 1. The monoisotopic (exact) mass is 254 g/mol. The molecule has 1 heterocycles. The number of rotatable bonds is 3. The first-order chi connectivity index (χ1) is 8.24. The van der Waals surface area contributed by atoms with E-state index in [2.05, 4.69) is 4.90 Å². The number of hydrogen-bond acceptors (Lipinski definition) is 3. The van der Waals surface area contributed by atoms with Crippen molar-refractivity contribution in [3.05, 3.63) is 28.8 Å². The van der Waals surface area contributed by atoms with Gasteiger partial charge in [0.2, 0.25) is 0 Å². The molecule has 0 unspecified atom stereocenters. The standard InChI is InChI=1S/C13H19ClN2O/c1-17-12-4-6-16(7-5-12)13-8-11(14)3-2-10(13)9-15/h2-3,8,12H,4-7,9,15H2,1H3. The Balaban J connectivity index is 2.14. The summed E-state index contributed by atoms with van der Waals surface area (Å²) in [6.45, 7) is 2.56. The topological polar surface area (TPSA) is 38.5 Å². The van der Waals surface area contributed by atoms with Gasteiger partial charge in [0.25, 0.3) is 0 Å². The lowest BCUT2D eigenvalue weighted by Crippen LogP contribution is -2.37. The van der Waals surface area contributed by atoms with Gasteiger partial charge in [0.1, 0.15) is 0 Å². The van der Waals surface area contributed by atoms with Gasteiger partial charge in [-0.25, -0.2) is 0 Å². The van der Waals surface area contributed by atoms with E-state index in [0.29, 0.717) is 12.6 Å². The molecule has 1 fully saturated rings. The minimum atomic E-state index is 0.395. The normalized spacial score (nSPS) is 17.5. The van der Waals surface area contributed by atoms with Crippen LogP contribution in [0.5, 0.6) is 0 Å². The first kappa shape index (κ1) is 12.7. The van der Waals surface area contributed by atoms with Crippen LogP contribution in [0.4, 0.5) is 5.69 Å². The third-order valence-electron chi connectivity index (χ3n) is 3.38. The summed E-state index contributed by atoms with van der Waals surface area (Å²) in [5.74, 6) is 0. The predicted octanol–water partition coefficient (Wildman–Crippen LogP) is 2.41. The lowest BCUT2D eigenvalue weighted by Gasteiger charge is -2.34. The lowest BCUT2D eigenvalue weighted by atomic mass is 10.0. The number of hydrogen-bond donors (Lipinski definition) is 1. The van der Waals surface area contributed by atoms with Crippen molar-refractivity contribution in [2.45, 2.75) is 25.5 Å². The van der Waals surface area contributed by atoms with Gasteiger partial charge in [-0.3, -0.25) is 0 Å². The SMILES string of the molecule is COC1CCN(c2cc(Cl)ccc2CN)CC1. The number of nitrogens with zero attached hydrogens (tertiary/aromatic N) is 1. The summed E-state index contributed by atoms with van der Waals surface area (Å²) in [4.78, 5) is 2.35. The molecule has 1 aliphatic heterocycles. The van der Waals surface area contributed by atoms with Crippen molar-refractivity contribution in [2.24, 2.45) is 5.73 Å². The molecular formula is C13H19ClN2O. The number of nitrogens with two attached hydrogens (primary N) is 1. The van der Waals surface area contributed by atoms with E-state index in [4.69, 9.17) is 22.1 Å².